The van der Waals surface area contributed by atoms with Crippen LogP contribution in [0.5, 0.6) is 5.75 Å². The molecule has 0 unspecified atom stereocenters. The standard InChI is InChI=1S/C16H10ClNO2/c17-12-8-13(10-18-9-12)20-16(19)15-7-3-5-11-4-1-2-6-14(11)15/h1-10H. The highest BCUT2D eigenvalue weighted by Gasteiger charge is 2.12. The summed E-state index contributed by atoms with van der Waals surface area (Å²) in [6.45, 7) is 0. The summed E-state index contributed by atoms with van der Waals surface area (Å²) < 4.78 is 5.30. The molecule has 0 aliphatic rings. The quantitative estimate of drug-likeness (QED) is 0.665. The number of carbonyl (C=O) groups excluding carboxylic acids is 1. The number of esters is 1. The van der Waals surface area contributed by atoms with Crippen molar-refractivity contribution in [3.63, 3.8) is 0 Å². The summed E-state index contributed by atoms with van der Waals surface area (Å²) in [7, 11) is 0. The number of aromatic nitrogens is 1. The molecule has 0 aliphatic carbocycles. The highest BCUT2D eigenvalue weighted by Crippen LogP contribution is 2.21. The highest BCUT2D eigenvalue weighted by molar-refractivity contribution is 6.30. The number of hydrogen-bond acceptors (Lipinski definition) is 3. The van der Waals surface area contributed by atoms with Gasteiger partial charge < -0.3 is 4.74 Å². The van der Waals surface area contributed by atoms with Gasteiger partial charge in [-0.05, 0) is 16.8 Å². The Hall–Kier alpha value is -2.39. The molecule has 0 saturated heterocycles. The fourth-order valence-electron chi connectivity index (χ4n) is 2.01. The molecule has 0 aliphatic heterocycles. The monoisotopic (exact) mass is 283 g/mol. The lowest BCUT2D eigenvalue weighted by molar-refractivity contribution is 0.0736. The maximum Gasteiger partial charge on any atom is 0.344 e. The van der Waals surface area contributed by atoms with Crippen molar-refractivity contribution in [3.8, 4) is 5.75 Å². The van der Waals surface area contributed by atoms with Crippen LogP contribution in [-0.2, 0) is 0 Å². The molecule has 0 saturated carbocycles. The molecule has 0 amide bonds. The summed E-state index contributed by atoms with van der Waals surface area (Å²) in [6.07, 6.45) is 2.94. The molecule has 3 rings (SSSR count). The van der Waals surface area contributed by atoms with E-state index in [1.807, 2.05) is 36.4 Å². The van der Waals surface area contributed by atoms with Gasteiger partial charge in [-0.15, -0.1) is 0 Å². The van der Waals surface area contributed by atoms with Crippen LogP contribution < -0.4 is 4.74 Å². The van der Waals surface area contributed by atoms with E-state index in [-0.39, 0.29) is 0 Å². The Morgan fingerprint density at radius 3 is 2.70 bits per heavy atom. The first kappa shape index (κ1) is 12.6. The van der Waals surface area contributed by atoms with E-state index >= 15 is 0 Å². The summed E-state index contributed by atoms with van der Waals surface area (Å²) in [5.74, 6) is -0.0960. The number of halogens is 1. The molecular weight excluding hydrogens is 274 g/mol. The number of fused-ring (bicyclic) bond motifs is 1. The number of benzene rings is 2. The lowest BCUT2D eigenvalue weighted by Gasteiger charge is -2.07. The van der Waals surface area contributed by atoms with Crippen molar-refractivity contribution in [1.82, 2.24) is 4.98 Å². The van der Waals surface area contributed by atoms with Crippen molar-refractivity contribution < 1.29 is 9.53 Å². The minimum Gasteiger partial charge on any atom is -0.421 e. The van der Waals surface area contributed by atoms with E-state index in [9.17, 15) is 4.79 Å². The van der Waals surface area contributed by atoms with Crippen LogP contribution in [0.3, 0.4) is 0 Å². The first-order valence-electron chi connectivity index (χ1n) is 6.04. The summed E-state index contributed by atoms with van der Waals surface area (Å²) in [6, 6.07) is 14.7. The van der Waals surface area contributed by atoms with Crippen molar-refractivity contribution in [2.24, 2.45) is 0 Å². The van der Waals surface area contributed by atoms with Crippen molar-refractivity contribution in [1.29, 1.82) is 0 Å². The topological polar surface area (TPSA) is 39.2 Å². The maximum atomic E-state index is 12.2. The van der Waals surface area contributed by atoms with Crippen LogP contribution in [0.2, 0.25) is 5.02 Å². The molecule has 98 valence electrons. The molecule has 3 nitrogen and oxygen atoms in total. The van der Waals surface area contributed by atoms with Gasteiger partial charge >= 0.3 is 5.97 Å². The van der Waals surface area contributed by atoms with Gasteiger partial charge in [0.15, 0.2) is 5.75 Å². The molecule has 0 bridgehead atoms. The summed E-state index contributed by atoms with van der Waals surface area (Å²) >= 11 is 5.82. The van der Waals surface area contributed by atoms with Gasteiger partial charge in [0.05, 0.1) is 16.8 Å². The number of rotatable bonds is 2. The zero-order valence-electron chi connectivity index (χ0n) is 10.4. The average Bonchev–Trinajstić information content (AvgIpc) is 2.46. The van der Waals surface area contributed by atoms with Gasteiger partial charge in [0, 0.05) is 12.3 Å². The fourth-order valence-corrected chi connectivity index (χ4v) is 2.18. The molecule has 0 radical (unpaired) electrons. The molecule has 1 heterocycles. The van der Waals surface area contributed by atoms with E-state index < -0.39 is 5.97 Å². The van der Waals surface area contributed by atoms with Gasteiger partial charge in [-0.25, -0.2) is 4.79 Å². The number of pyridine rings is 1. The third-order valence-corrected chi connectivity index (χ3v) is 3.11. The molecule has 0 atom stereocenters. The minimum atomic E-state index is -0.425. The summed E-state index contributed by atoms with van der Waals surface area (Å²) in [5.41, 5.74) is 0.517. The van der Waals surface area contributed by atoms with Gasteiger partial charge in [0.2, 0.25) is 0 Å². The number of hydrogen-bond donors (Lipinski definition) is 0. The van der Waals surface area contributed by atoms with E-state index in [0.717, 1.165) is 10.8 Å². The zero-order valence-corrected chi connectivity index (χ0v) is 11.2. The van der Waals surface area contributed by atoms with Gasteiger partial charge in [0.1, 0.15) is 0 Å². The van der Waals surface area contributed by atoms with E-state index in [2.05, 4.69) is 4.98 Å². The van der Waals surface area contributed by atoms with E-state index in [1.165, 1.54) is 12.4 Å². The zero-order chi connectivity index (χ0) is 13.9. The third kappa shape index (κ3) is 2.49. The van der Waals surface area contributed by atoms with Crippen molar-refractivity contribution >= 4 is 28.3 Å². The van der Waals surface area contributed by atoms with Crippen LogP contribution in [-0.4, -0.2) is 11.0 Å². The van der Waals surface area contributed by atoms with Crippen molar-refractivity contribution in [2.75, 3.05) is 0 Å². The van der Waals surface area contributed by atoms with Gasteiger partial charge in [0.25, 0.3) is 0 Å². The van der Waals surface area contributed by atoms with E-state index in [1.54, 1.807) is 12.1 Å². The summed E-state index contributed by atoms with van der Waals surface area (Å²) in [4.78, 5) is 16.1. The molecule has 0 N–H and O–H groups in total. The Labute approximate surface area is 120 Å². The molecule has 0 spiro atoms. The highest BCUT2D eigenvalue weighted by atomic mass is 35.5. The predicted octanol–water partition coefficient (Wildman–Crippen LogP) is 4.11. The van der Waals surface area contributed by atoms with Crippen LogP contribution in [0.15, 0.2) is 60.9 Å². The molecular formula is C16H10ClNO2. The predicted molar refractivity (Wildman–Crippen MR) is 78.2 cm³/mol. The van der Waals surface area contributed by atoms with Crippen molar-refractivity contribution in [2.45, 2.75) is 0 Å². The van der Waals surface area contributed by atoms with Gasteiger partial charge in [-0.2, -0.15) is 0 Å². The van der Waals surface area contributed by atoms with E-state index in [4.69, 9.17) is 16.3 Å². The second-order valence-corrected chi connectivity index (χ2v) is 4.69. The first-order valence-corrected chi connectivity index (χ1v) is 6.42. The van der Waals surface area contributed by atoms with Crippen LogP contribution in [0.4, 0.5) is 0 Å². The SMILES string of the molecule is O=C(Oc1cncc(Cl)c1)c1cccc2ccccc12. The molecule has 1 aromatic heterocycles. The Bertz CT molecular complexity index is 781. The number of carbonyl (C=O) groups is 1. The number of nitrogens with zero attached hydrogens (tertiary/aromatic N) is 1. The van der Waals surface area contributed by atoms with Gasteiger partial charge in [-0.1, -0.05) is 48.0 Å². The largest absolute Gasteiger partial charge is 0.421 e. The Morgan fingerprint density at radius 1 is 1.05 bits per heavy atom. The molecule has 2 aromatic carbocycles. The number of ether oxygens (including phenoxy) is 1. The molecule has 0 fully saturated rings. The Morgan fingerprint density at radius 2 is 1.85 bits per heavy atom. The van der Waals surface area contributed by atoms with E-state index in [0.29, 0.717) is 16.3 Å². The first-order chi connectivity index (χ1) is 9.74. The second-order valence-electron chi connectivity index (χ2n) is 4.26. The van der Waals surface area contributed by atoms with Crippen molar-refractivity contribution in [3.05, 3.63) is 71.5 Å². The van der Waals surface area contributed by atoms with Crippen LogP contribution in [0.25, 0.3) is 10.8 Å². The lowest BCUT2D eigenvalue weighted by Crippen LogP contribution is -2.09. The van der Waals surface area contributed by atoms with Gasteiger partial charge in [-0.3, -0.25) is 4.98 Å². The smallest absolute Gasteiger partial charge is 0.344 e. The third-order valence-electron chi connectivity index (χ3n) is 2.90. The average molecular weight is 284 g/mol. The fraction of sp³-hybridized carbons (Fsp3) is 0. The molecule has 20 heavy (non-hydrogen) atoms. The molecule has 3 aromatic rings. The lowest BCUT2D eigenvalue weighted by atomic mass is 10.1. The molecule has 4 heteroatoms. The maximum absolute atomic E-state index is 12.2. The van der Waals surface area contributed by atoms with Crippen LogP contribution in [0, 0.1) is 0 Å². The van der Waals surface area contributed by atoms with Crippen LogP contribution >= 0.6 is 11.6 Å². The second kappa shape index (κ2) is 5.31. The Kier molecular flexibility index (Phi) is 3.35. The normalized spacial score (nSPS) is 10.4. The minimum absolute atomic E-state index is 0.329. The van der Waals surface area contributed by atoms with Crippen LogP contribution in [0.1, 0.15) is 10.4 Å². The Balaban J connectivity index is 1.97. The summed E-state index contributed by atoms with van der Waals surface area (Å²) in [5, 5.41) is 2.27.